The zero-order valence-electron chi connectivity index (χ0n) is 15.5. The van der Waals surface area contributed by atoms with E-state index in [0.29, 0.717) is 11.3 Å². The second-order valence-electron chi connectivity index (χ2n) is 6.72. The molecule has 6 heteroatoms. The molecular weight excluding hydrogens is 310 g/mol. The van der Waals surface area contributed by atoms with E-state index in [1.165, 1.54) is 12.0 Å². The molecular formula is C18H27NO5. The van der Waals surface area contributed by atoms with Crippen molar-refractivity contribution in [2.45, 2.75) is 46.3 Å². The van der Waals surface area contributed by atoms with Gasteiger partial charge in [0.2, 0.25) is 0 Å². The second kappa shape index (κ2) is 8.04. The third-order valence-electron chi connectivity index (χ3n) is 3.45. The van der Waals surface area contributed by atoms with E-state index in [1.807, 2.05) is 34.6 Å². The minimum Gasteiger partial charge on any atom is -0.491 e. The molecule has 6 nitrogen and oxygen atoms in total. The van der Waals surface area contributed by atoms with Crippen LogP contribution >= 0.6 is 0 Å². The smallest absolute Gasteiger partial charge is 0.410 e. The Hall–Kier alpha value is -2.24. The number of hydrogen-bond acceptors (Lipinski definition) is 5. The van der Waals surface area contributed by atoms with Crippen molar-refractivity contribution in [3.05, 3.63) is 29.3 Å². The van der Waals surface area contributed by atoms with Crippen molar-refractivity contribution in [1.82, 2.24) is 4.90 Å². The van der Waals surface area contributed by atoms with Crippen LogP contribution in [0.25, 0.3) is 0 Å². The predicted octanol–water partition coefficient (Wildman–Crippen LogP) is 3.42. The normalized spacial score (nSPS) is 12.3. The van der Waals surface area contributed by atoms with Gasteiger partial charge in [-0.1, -0.05) is 6.07 Å². The van der Waals surface area contributed by atoms with Crippen LogP contribution in [0.15, 0.2) is 18.2 Å². The average Bonchev–Trinajstić information content (AvgIpc) is 2.50. The van der Waals surface area contributed by atoms with Crippen LogP contribution in [0.4, 0.5) is 4.79 Å². The van der Waals surface area contributed by atoms with Crippen LogP contribution < -0.4 is 4.74 Å². The fourth-order valence-electron chi connectivity index (χ4n) is 1.86. The average molecular weight is 337 g/mol. The predicted molar refractivity (Wildman–Crippen MR) is 91.5 cm³/mol. The first-order valence-corrected chi connectivity index (χ1v) is 7.82. The van der Waals surface area contributed by atoms with Crippen LogP contribution in [0, 0.1) is 6.92 Å². The highest BCUT2D eigenvalue weighted by Crippen LogP contribution is 2.19. The molecule has 0 N–H and O–H groups in total. The number of hydrogen-bond donors (Lipinski definition) is 0. The first kappa shape index (κ1) is 19.8. The van der Waals surface area contributed by atoms with Gasteiger partial charge in [-0.2, -0.15) is 0 Å². The Kier molecular flexibility index (Phi) is 6.63. The molecule has 134 valence electrons. The number of methoxy groups -OCH3 is 1. The summed E-state index contributed by atoms with van der Waals surface area (Å²) in [5.41, 5.74) is 0.731. The maximum absolute atomic E-state index is 12.0. The lowest BCUT2D eigenvalue weighted by molar-refractivity contribution is 0.0195. The van der Waals surface area contributed by atoms with Crippen LogP contribution in [-0.2, 0) is 9.47 Å². The first-order valence-electron chi connectivity index (χ1n) is 7.82. The Balaban J connectivity index is 2.68. The van der Waals surface area contributed by atoms with Crippen molar-refractivity contribution < 1.29 is 23.8 Å². The molecule has 1 aromatic carbocycles. The molecule has 0 heterocycles. The van der Waals surface area contributed by atoms with Crippen molar-refractivity contribution in [1.29, 1.82) is 0 Å². The van der Waals surface area contributed by atoms with Gasteiger partial charge in [-0.3, -0.25) is 0 Å². The van der Waals surface area contributed by atoms with E-state index in [-0.39, 0.29) is 12.6 Å². The molecule has 0 aliphatic carbocycles. The number of esters is 1. The molecule has 1 aromatic rings. The standard InChI is InChI=1S/C18H27NO5/c1-12-8-9-14(10-15(12)16(20)22-7)23-11-13(2)19(6)17(21)24-18(3,4)5/h8-10,13H,11H2,1-7H3/t13-/m0/s1. The fourth-order valence-corrected chi connectivity index (χ4v) is 1.86. The van der Waals surface area contributed by atoms with E-state index in [2.05, 4.69) is 0 Å². The number of rotatable bonds is 5. The first-order chi connectivity index (χ1) is 11.0. The summed E-state index contributed by atoms with van der Waals surface area (Å²) in [4.78, 5) is 25.2. The van der Waals surface area contributed by atoms with Gasteiger partial charge >= 0.3 is 12.1 Å². The van der Waals surface area contributed by atoms with Crippen LogP contribution in [0.5, 0.6) is 5.75 Å². The Morgan fingerprint density at radius 1 is 1.25 bits per heavy atom. The van der Waals surface area contributed by atoms with Gasteiger partial charge in [0.25, 0.3) is 0 Å². The Morgan fingerprint density at radius 2 is 1.88 bits per heavy atom. The van der Waals surface area contributed by atoms with E-state index in [9.17, 15) is 9.59 Å². The van der Waals surface area contributed by atoms with Crippen molar-refractivity contribution >= 4 is 12.1 Å². The molecule has 0 aliphatic heterocycles. The summed E-state index contributed by atoms with van der Waals surface area (Å²) in [7, 11) is 3.00. The lowest BCUT2D eigenvalue weighted by Gasteiger charge is -2.28. The van der Waals surface area contributed by atoms with Crippen molar-refractivity contribution in [3.8, 4) is 5.75 Å². The maximum atomic E-state index is 12.0. The zero-order valence-corrected chi connectivity index (χ0v) is 15.5. The molecule has 0 fully saturated rings. The van der Waals surface area contributed by atoms with Crippen molar-refractivity contribution in [3.63, 3.8) is 0 Å². The van der Waals surface area contributed by atoms with Gasteiger partial charge in [0.05, 0.1) is 18.7 Å². The molecule has 0 saturated heterocycles. The van der Waals surface area contributed by atoms with Crippen LogP contribution in [0.2, 0.25) is 0 Å². The van der Waals surface area contributed by atoms with E-state index in [4.69, 9.17) is 14.2 Å². The summed E-state index contributed by atoms with van der Waals surface area (Å²) in [5, 5.41) is 0. The van der Waals surface area contributed by atoms with Gasteiger partial charge in [0.1, 0.15) is 18.0 Å². The van der Waals surface area contributed by atoms with Gasteiger partial charge in [0, 0.05) is 7.05 Å². The Bertz CT molecular complexity index is 592. The summed E-state index contributed by atoms with van der Waals surface area (Å²) in [6.07, 6.45) is -0.405. The number of amides is 1. The highest BCUT2D eigenvalue weighted by atomic mass is 16.6. The molecule has 0 radical (unpaired) electrons. The molecule has 24 heavy (non-hydrogen) atoms. The van der Waals surface area contributed by atoms with Gasteiger partial charge in [0.15, 0.2) is 0 Å². The van der Waals surface area contributed by atoms with Gasteiger partial charge < -0.3 is 19.1 Å². The number of nitrogens with zero attached hydrogens (tertiary/aromatic N) is 1. The van der Waals surface area contributed by atoms with Crippen LogP contribution in [-0.4, -0.2) is 49.4 Å². The largest absolute Gasteiger partial charge is 0.491 e. The highest BCUT2D eigenvalue weighted by Gasteiger charge is 2.23. The summed E-state index contributed by atoms with van der Waals surface area (Å²) >= 11 is 0. The number of benzene rings is 1. The molecule has 0 saturated carbocycles. The minimum absolute atomic E-state index is 0.192. The van der Waals surface area contributed by atoms with E-state index in [1.54, 1.807) is 25.2 Å². The second-order valence-corrected chi connectivity index (χ2v) is 6.72. The summed E-state index contributed by atoms with van der Waals surface area (Å²) in [6.45, 7) is 9.43. The maximum Gasteiger partial charge on any atom is 0.410 e. The van der Waals surface area contributed by atoms with E-state index < -0.39 is 17.7 Å². The monoisotopic (exact) mass is 337 g/mol. The molecule has 0 aromatic heterocycles. The summed E-state index contributed by atoms with van der Waals surface area (Å²) < 4.78 is 15.8. The highest BCUT2D eigenvalue weighted by molar-refractivity contribution is 5.91. The van der Waals surface area contributed by atoms with E-state index in [0.717, 1.165) is 5.56 Å². The SMILES string of the molecule is COC(=O)c1cc(OC[C@H](C)N(C)C(=O)OC(C)(C)C)ccc1C. The van der Waals surface area contributed by atoms with E-state index >= 15 is 0 Å². The quantitative estimate of drug-likeness (QED) is 0.770. The fraction of sp³-hybridized carbons (Fsp3) is 0.556. The van der Waals surface area contributed by atoms with Gasteiger partial charge in [-0.05, 0) is 52.3 Å². The van der Waals surface area contributed by atoms with Crippen LogP contribution in [0.1, 0.15) is 43.6 Å². The molecule has 0 unspecified atom stereocenters. The number of likely N-dealkylation sites (N-methyl/N-ethyl adjacent to an activating group) is 1. The van der Waals surface area contributed by atoms with Crippen molar-refractivity contribution in [2.75, 3.05) is 20.8 Å². The number of carbonyl (C=O) groups excluding carboxylic acids is 2. The number of ether oxygens (including phenoxy) is 3. The summed E-state index contributed by atoms with van der Waals surface area (Å²) in [6, 6.07) is 5.02. The number of aryl methyl sites for hydroxylation is 1. The third kappa shape index (κ3) is 5.76. The minimum atomic E-state index is -0.543. The third-order valence-corrected chi connectivity index (χ3v) is 3.45. The topological polar surface area (TPSA) is 65.1 Å². The lowest BCUT2D eigenvalue weighted by Crippen LogP contribution is -2.42. The molecule has 1 rings (SSSR count). The molecule has 1 atom stereocenters. The van der Waals surface area contributed by atoms with Gasteiger partial charge in [-0.15, -0.1) is 0 Å². The van der Waals surface area contributed by atoms with Crippen molar-refractivity contribution in [2.24, 2.45) is 0 Å². The number of carbonyl (C=O) groups is 2. The molecule has 0 bridgehead atoms. The zero-order chi connectivity index (χ0) is 18.5. The molecule has 0 spiro atoms. The molecule has 1 amide bonds. The lowest BCUT2D eigenvalue weighted by atomic mass is 10.1. The Labute approximate surface area is 143 Å². The summed E-state index contributed by atoms with van der Waals surface area (Å²) in [5.74, 6) is 0.141. The van der Waals surface area contributed by atoms with Gasteiger partial charge in [-0.25, -0.2) is 9.59 Å². The molecule has 0 aliphatic rings. The van der Waals surface area contributed by atoms with Crippen LogP contribution in [0.3, 0.4) is 0 Å². The Morgan fingerprint density at radius 3 is 2.42 bits per heavy atom.